The van der Waals surface area contributed by atoms with Gasteiger partial charge in [0.1, 0.15) is 0 Å². The van der Waals surface area contributed by atoms with Gasteiger partial charge in [-0.25, -0.2) is 0 Å². The van der Waals surface area contributed by atoms with Gasteiger partial charge in [-0.3, -0.25) is 0 Å². The zero-order chi connectivity index (χ0) is 20.3. The van der Waals surface area contributed by atoms with Crippen LogP contribution >= 0.6 is 0 Å². The van der Waals surface area contributed by atoms with Gasteiger partial charge in [0.25, 0.3) is 0 Å². The maximum Gasteiger partial charge on any atom is 0.0583 e. The average molecular weight is 383 g/mol. The van der Waals surface area contributed by atoms with Crippen LogP contribution in [0, 0.1) is 23.2 Å². The van der Waals surface area contributed by atoms with Crippen molar-refractivity contribution in [3.05, 3.63) is 47.1 Å². The average Bonchev–Trinajstić information content (AvgIpc) is 2.99. The van der Waals surface area contributed by atoms with Crippen molar-refractivity contribution in [1.82, 2.24) is 0 Å². The van der Waals surface area contributed by atoms with Gasteiger partial charge < -0.3 is 5.11 Å². The first-order valence-corrected chi connectivity index (χ1v) is 11.7. The molecule has 3 saturated carbocycles. The van der Waals surface area contributed by atoms with Gasteiger partial charge in [-0.2, -0.15) is 0 Å². The van der Waals surface area contributed by atoms with Crippen LogP contribution in [0.3, 0.4) is 0 Å². The van der Waals surface area contributed by atoms with Crippen molar-refractivity contribution < 1.29 is 5.11 Å². The Bertz CT molecular complexity index is 660. The topological polar surface area (TPSA) is 20.2 Å². The summed E-state index contributed by atoms with van der Waals surface area (Å²) in [6.45, 7) is 13.8. The Morgan fingerprint density at radius 3 is 2.75 bits per heavy atom. The van der Waals surface area contributed by atoms with Crippen molar-refractivity contribution in [2.45, 2.75) is 98.0 Å². The molecule has 3 aliphatic rings. The molecule has 3 fully saturated rings. The molecule has 0 spiro atoms. The van der Waals surface area contributed by atoms with Crippen molar-refractivity contribution in [2.24, 2.45) is 23.2 Å². The Labute approximate surface area is 173 Å². The summed E-state index contributed by atoms with van der Waals surface area (Å²) < 4.78 is 0. The summed E-state index contributed by atoms with van der Waals surface area (Å²) in [5.74, 6) is 2.44. The molecule has 0 aromatic rings. The van der Waals surface area contributed by atoms with Crippen LogP contribution in [0.5, 0.6) is 0 Å². The quantitative estimate of drug-likeness (QED) is 0.487. The summed E-state index contributed by atoms with van der Waals surface area (Å²) >= 11 is 0. The Balaban J connectivity index is 1.72. The Hall–Kier alpha value is -1.08. The Morgan fingerprint density at radius 1 is 1.21 bits per heavy atom. The molecule has 0 radical (unpaired) electrons. The predicted octanol–water partition coefficient (Wildman–Crippen LogP) is 7.54. The lowest BCUT2D eigenvalue weighted by atomic mass is 9.60. The van der Waals surface area contributed by atoms with Crippen LogP contribution in [0.2, 0.25) is 0 Å². The van der Waals surface area contributed by atoms with Crippen LogP contribution in [-0.4, -0.2) is 11.2 Å². The van der Waals surface area contributed by atoms with Crippen LogP contribution in [0.25, 0.3) is 0 Å². The van der Waals surface area contributed by atoms with E-state index in [0.717, 1.165) is 37.0 Å². The largest absolute Gasteiger partial charge is 0.393 e. The van der Waals surface area contributed by atoms with Crippen molar-refractivity contribution in [2.75, 3.05) is 0 Å². The molecule has 0 aromatic heterocycles. The van der Waals surface area contributed by atoms with E-state index in [-0.39, 0.29) is 6.10 Å². The van der Waals surface area contributed by atoms with Crippen LogP contribution in [-0.2, 0) is 0 Å². The second kappa shape index (κ2) is 9.16. The van der Waals surface area contributed by atoms with Crippen LogP contribution in [0.15, 0.2) is 47.1 Å². The second-order valence-corrected chi connectivity index (χ2v) is 10.4. The third kappa shape index (κ3) is 4.73. The fourth-order valence-corrected chi connectivity index (χ4v) is 6.45. The van der Waals surface area contributed by atoms with Gasteiger partial charge in [-0.05, 0) is 107 Å². The van der Waals surface area contributed by atoms with E-state index in [2.05, 4.69) is 52.5 Å². The first-order chi connectivity index (χ1) is 13.3. The van der Waals surface area contributed by atoms with E-state index >= 15 is 0 Å². The highest BCUT2D eigenvalue weighted by Gasteiger charge is 2.50. The molecule has 0 aromatic carbocycles. The number of aliphatic hydroxyl groups is 1. The highest BCUT2D eigenvalue weighted by atomic mass is 16.3. The standard InChI is InChI=1S/C27H42O/c1-19(2)8-6-9-21(4)25-15-16-26-22(10-7-17-27(25,26)5)12-13-23-18-24(28)14-11-20(23)3/h8,12-13,21,24-26,28H,3,6-7,9-11,14-18H2,1-2,4-5H3/b22-12+,23-13-/t21-,24+,25?,26?,27-/m1/s1. The molecule has 0 amide bonds. The van der Waals surface area contributed by atoms with Gasteiger partial charge in [-0.1, -0.05) is 55.4 Å². The fourth-order valence-electron chi connectivity index (χ4n) is 6.45. The highest BCUT2D eigenvalue weighted by molar-refractivity contribution is 5.36. The molecule has 28 heavy (non-hydrogen) atoms. The van der Waals surface area contributed by atoms with Crippen molar-refractivity contribution in [3.8, 4) is 0 Å². The number of fused-ring (bicyclic) bond motifs is 1. The van der Waals surface area contributed by atoms with Gasteiger partial charge in [0.05, 0.1) is 6.10 Å². The lowest BCUT2D eigenvalue weighted by Gasteiger charge is -2.44. The van der Waals surface area contributed by atoms with Gasteiger partial charge in [0, 0.05) is 0 Å². The first-order valence-electron chi connectivity index (χ1n) is 11.7. The molecule has 0 heterocycles. The van der Waals surface area contributed by atoms with Gasteiger partial charge in [0.15, 0.2) is 0 Å². The molecular formula is C27H42O. The molecule has 2 unspecified atom stereocenters. The summed E-state index contributed by atoms with van der Waals surface area (Å²) in [6, 6.07) is 0. The monoisotopic (exact) mass is 382 g/mol. The van der Waals surface area contributed by atoms with Crippen LogP contribution in [0.1, 0.15) is 91.9 Å². The van der Waals surface area contributed by atoms with E-state index in [1.54, 1.807) is 5.57 Å². The summed E-state index contributed by atoms with van der Waals surface area (Å²) in [6.07, 6.45) is 18.9. The maximum absolute atomic E-state index is 10.0. The summed E-state index contributed by atoms with van der Waals surface area (Å²) in [7, 11) is 0. The van der Waals surface area contributed by atoms with E-state index in [4.69, 9.17) is 0 Å². The summed E-state index contributed by atoms with van der Waals surface area (Å²) in [5, 5.41) is 10.0. The van der Waals surface area contributed by atoms with E-state index < -0.39 is 0 Å². The molecular weight excluding hydrogens is 340 g/mol. The maximum atomic E-state index is 10.0. The number of hydrogen-bond acceptors (Lipinski definition) is 1. The summed E-state index contributed by atoms with van der Waals surface area (Å²) in [4.78, 5) is 0. The lowest BCUT2D eigenvalue weighted by molar-refractivity contribution is 0.0946. The predicted molar refractivity (Wildman–Crippen MR) is 121 cm³/mol. The molecule has 3 aliphatic carbocycles. The second-order valence-electron chi connectivity index (χ2n) is 10.4. The molecule has 0 aliphatic heterocycles. The minimum atomic E-state index is -0.177. The first kappa shape index (κ1) is 21.6. The number of aliphatic hydroxyl groups excluding tert-OH is 1. The Morgan fingerprint density at radius 2 is 2.00 bits per heavy atom. The van der Waals surface area contributed by atoms with E-state index in [1.807, 2.05) is 0 Å². The molecule has 0 bridgehead atoms. The van der Waals surface area contributed by atoms with Crippen molar-refractivity contribution >= 4 is 0 Å². The molecule has 1 nitrogen and oxygen atoms in total. The van der Waals surface area contributed by atoms with Crippen molar-refractivity contribution in [1.29, 1.82) is 0 Å². The van der Waals surface area contributed by atoms with Gasteiger partial charge in [0.2, 0.25) is 0 Å². The van der Waals surface area contributed by atoms with Crippen molar-refractivity contribution in [3.63, 3.8) is 0 Å². The van der Waals surface area contributed by atoms with Crippen LogP contribution in [0.4, 0.5) is 0 Å². The van der Waals surface area contributed by atoms with Gasteiger partial charge >= 0.3 is 0 Å². The summed E-state index contributed by atoms with van der Waals surface area (Å²) in [5.41, 5.74) is 6.12. The fraction of sp³-hybridized carbons (Fsp3) is 0.704. The van der Waals surface area contributed by atoms with Gasteiger partial charge in [-0.15, -0.1) is 0 Å². The lowest BCUT2D eigenvalue weighted by Crippen LogP contribution is -2.36. The highest BCUT2D eigenvalue weighted by Crippen LogP contribution is 2.59. The molecule has 3 rings (SSSR count). The minimum Gasteiger partial charge on any atom is -0.393 e. The molecule has 0 saturated heterocycles. The van der Waals surface area contributed by atoms with E-state index in [0.29, 0.717) is 5.41 Å². The molecule has 1 heteroatoms. The zero-order valence-electron chi connectivity index (χ0n) is 18.8. The zero-order valence-corrected chi connectivity index (χ0v) is 18.8. The third-order valence-electron chi connectivity index (χ3n) is 8.09. The van der Waals surface area contributed by atoms with Crippen LogP contribution < -0.4 is 0 Å². The number of allylic oxidation sites excluding steroid dienone is 6. The molecule has 1 N–H and O–H groups in total. The number of rotatable bonds is 5. The smallest absolute Gasteiger partial charge is 0.0583 e. The van der Waals surface area contributed by atoms with E-state index in [9.17, 15) is 5.11 Å². The Kier molecular flexibility index (Phi) is 7.07. The molecule has 5 atom stereocenters. The number of hydrogen-bond donors (Lipinski definition) is 1. The SMILES string of the molecule is C=C1CC[C@H](O)C/C1=C/C=C1\CCC[C@@]2(C)C1CCC2[C@H](C)CCC=C(C)C. The molecule has 156 valence electrons. The van der Waals surface area contributed by atoms with E-state index in [1.165, 1.54) is 61.7 Å². The minimum absolute atomic E-state index is 0.177. The normalized spacial score (nSPS) is 37.2. The third-order valence-corrected chi connectivity index (χ3v) is 8.09.